The molecule has 0 atom stereocenters. The second-order valence-electron chi connectivity index (χ2n) is 9.08. The minimum Gasteiger partial charge on any atom is -0.466 e. The molecule has 0 aliphatic rings. The third-order valence-corrected chi connectivity index (χ3v) is 6.97. The average molecular weight is 513 g/mol. The Bertz CT molecular complexity index is 901. The number of urea groups is 1. The maximum absolute atomic E-state index is 13.0. The zero-order valence-electron chi connectivity index (χ0n) is 22.4. The van der Waals surface area contributed by atoms with Gasteiger partial charge in [-0.25, -0.2) is 4.79 Å². The molecule has 0 aliphatic carbocycles. The van der Waals surface area contributed by atoms with E-state index in [9.17, 15) is 9.59 Å². The van der Waals surface area contributed by atoms with Crippen LogP contribution in [0.2, 0.25) is 0 Å². The zero-order chi connectivity index (χ0) is 26.0. The molecule has 0 heterocycles. The van der Waals surface area contributed by atoms with Crippen molar-refractivity contribution in [2.75, 3.05) is 24.6 Å². The molecule has 0 spiro atoms. The Balaban J connectivity index is 2.01. The summed E-state index contributed by atoms with van der Waals surface area (Å²) >= 11 is 1.65. The molecule has 1 N–H and O–H groups in total. The molecular weight excluding hydrogens is 468 g/mol. The maximum Gasteiger partial charge on any atom is 0.321 e. The Labute approximate surface area is 222 Å². The number of benzene rings is 2. The van der Waals surface area contributed by atoms with Crippen molar-refractivity contribution >= 4 is 29.4 Å². The van der Waals surface area contributed by atoms with Crippen molar-refractivity contribution in [2.24, 2.45) is 0 Å². The predicted octanol–water partition coefficient (Wildman–Crippen LogP) is 8.01. The molecule has 6 heteroatoms. The molecule has 2 rings (SSSR count). The van der Waals surface area contributed by atoms with Crippen LogP contribution in [0.3, 0.4) is 0 Å². The fourth-order valence-electron chi connectivity index (χ4n) is 3.99. The average Bonchev–Trinajstić information content (AvgIpc) is 2.87. The van der Waals surface area contributed by atoms with Gasteiger partial charge < -0.3 is 10.1 Å². The molecule has 0 aliphatic heterocycles. The number of nitrogens with zero attached hydrogens (tertiary/aromatic N) is 1. The second kappa shape index (κ2) is 17.9. The summed E-state index contributed by atoms with van der Waals surface area (Å²) in [4.78, 5) is 28.9. The molecular formula is C30H44N2O3S. The van der Waals surface area contributed by atoms with Crippen molar-refractivity contribution in [2.45, 2.75) is 94.8 Å². The van der Waals surface area contributed by atoms with Crippen molar-refractivity contribution in [3.8, 4) is 0 Å². The standard InChI is InChI=1S/C30H44N2O3S/c1-4-7-9-11-13-22-32(30(34)31-21-12-10-8-5-2)26-17-19-27(20-18-26)36-28-16-14-15-25(23-28)24-29(33)35-6-3/h14-20,23H,4-13,21-22,24H2,1-3H3,(H,31,34). The number of ether oxygens (including phenoxy) is 1. The molecule has 2 aromatic rings. The molecule has 2 aromatic carbocycles. The van der Waals surface area contributed by atoms with Crippen LogP contribution in [-0.4, -0.2) is 31.7 Å². The zero-order valence-corrected chi connectivity index (χ0v) is 23.2. The minimum atomic E-state index is -0.206. The Morgan fingerprint density at radius 2 is 1.53 bits per heavy atom. The molecule has 0 bridgehead atoms. The van der Waals surface area contributed by atoms with E-state index in [2.05, 4.69) is 31.3 Å². The number of carbonyl (C=O) groups excluding carboxylic acids is 2. The highest BCUT2D eigenvalue weighted by molar-refractivity contribution is 7.99. The first-order valence-electron chi connectivity index (χ1n) is 13.6. The molecule has 36 heavy (non-hydrogen) atoms. The van der Waals surface area contributed by atoms with Crippen molar-refractivity contribution in [3.63, 3.8) is 0 Å². The van der Waals surface area contributed by atoms with Gasteiger partial charge in [-0.1, -0.05) is 82.7 Å². The quantitative estimate of drug-likeness (QED) is 0.172. The molecule has 0 saturated carbocycles. The Kier molecular flexibility index (Phi) is 14.8. The number of anilines is 1. The third kappa shape index (κ3) is 11.5. The first-order chi connectivity index (χ1) is 17.6. The van der Waals surface area contributed by atoms with Gasteiger partial charge in [0.25, 0.3) is 0 Å². The number of hydrogen-bond acceptors (Lipinski definition) is 4. The number of hydrogen-bond donors (Lipinski definition) is 1. The molecule has 0 unspecified atom stereocenters. The van der Waals surface area contributed by atoms with Crippen LogP contribution in [0.4, 0.5) is 10.5 Å². The molecule has 198 valence electrons. The monoisotopic (exact) mass is 512 g/mol. The highest BCUT2D eigenvalue weighted by Crippen LogP contribution is 2.30. The molecule has 0 aromatic heterocycles. The summed E-state index contributed by atoms with van der Waals surface area (Å²) < 4.78 is 5.06. The normalized spacial score (nSPS) is 10.8. The smallest absolute Gasteiger partial charge is 0.321 e. The van der Waals surface area contributed by atoms with Gasteiger partial charge in [-0.05, 0) is 61.7 Å². The Morgan fingerprint density at radius 3 is 2.22 bits per heavy atom. The van der Waals surface area contributed by atoms with E-state index >= 15 is 0 Å². The summed E-state index contributed by atoms with van der Waals surface area (Å²) in [5.74, 6) is -0.206. The van der Waals surface area contributed by atoms with E-state index in [1.54, 1.807) is 11.8 Å². The van der Waals surface area contributed by atoms with Gasteiger partial charge >= 0.3 is 12.0 Å². The van der Waals surface area contributed by atoms with Crippen molar-refractivity contribution in [3.05, 3.63) is 54.1 Å². The van der Waals surface area contributed by atoms with Gasteiger partial charge in [-0.2, -0.15) is 0 Å². The lowest BCUT2D eigenvalue weighted by Gasteiger charge is -2.23. The fourth-order valence-corrected chi connectivity index (χ4v) is 4.89. The van der Waals surface area contributed by atoms with Crippen LogP contribution in [0.1, 0.15) is 84.1 Å². The number of amides is 2. The molecule has 0 radical (unpaired) electrons. The van der Waals surface area contributed by atoms with Crippen LogP contribution >= 0.6 is 11.8 Å². The SMILES string of the molecule is CCCCCCCN(C(=O)NCCCCCC)c1ccc(Sc2cccc(CC(=O)OCC)c2)cc1. The van der Waals surface area contributed by atoms with Gasteiger partial charge in [0.2, 0.25) is 0 Å². The van der Waals surface area contributed by atoms with Crippen LogP contribution in [0.15, 0.2) is 58.3 Å². The maximum atomic E-state index is 13.0. The largest absolute Gasteiger partial charge is 0.466 e. The van der Waals surface area contributed by atoms with E-state index in [0.29, 0.717) is 6.61 Å². The van der Waals surface area contributed by atoms with Gasteiger partial charge in [0.05, 0.1) is 13.0 Å². The van der Waals surface area contributed by atoms with Gasteiger partial charge in [-0.3, -0.25) is 9.69 Å². The van der Waals surface area contributed by atoms with E-state index in [1.807, 2.05) is 48.2 Å². The summed E-state index contributed by atoms with van der Waals surface area (Å²) in [5, 5.41) is 3.12. The van der Waals surface area contributed by atoms with Crippen molar-refractivity contribution in [1.82, 2.24) is 5.32 Å². The Morgan fingerprint density at radius 1 is 0.833 bits per heavy atom. The molecule has 0 fully saturated rings. The van der Waals surface area contributed by atoms with E-state index in [4.69, 9.17) is 4.74 Å². The van der Waals surface area contributed by atoms with Crippen LogP contribution in [0, 0.1) is 0 Å². The van der Waals surface area contributed by atoms with E-state index in [1.165, 1.54) is 32.1 Å². The Hall–Kier alpha value is -2.47. The second-order valence-corrected chi connectivity index (χ2v) is 10.2. The highest BCUT2D eigenvalue weighted by Gasteiger charge is 2.15. The topological polar surface area (TPSA) is 58.6 Å². The number of carbonyl (C=O) groups is 2. The number of esters is 1. The van der Waals surface area contributed by atoms with Gasteiger partial charge in [-0.15, -0.1) is 0 Å². The summed E-state index contributed by atoms with van der Waals surface area (Å²) in [7, 11) is 0. The van der Waals surface area contributed by atoms with Gasteiger partial charge in [0, 0.05) is 28.6 Å². The van der Waals surface area contributed by atoms with Gasteiger partial charge in [0.1, 0.15) is 0 Å². The van der Waals surface area contributed by atoms with Crippen LogP contribution in [-0.2, 0) is 16.0 Å². The molecule has 0 saturated heterocycles. The van der Waals surface area contributed by atoms with E-state index in [-0.39, 0.29) is 18.4 Å². The third-order valence-electron chi connectivity index (χ3n) is 5.97. The van der Waals surface area contributed by atoms with Crippen LogP contribution in [0.25, 0.3) is 0 Å². The lowest BCUT2D eigenvalue weighted by atomic mass is 10.1. The minimum absolute atomic E-state index is 0.00550. The fraction of sp³-hybridized carbons (Fsp3) is 0.533. The molecule has 2 amide bonds. The van der Waals surface area contributed by atoms with Crippen LogP contribution < -0.4 is 10.2 Å². The first-order valence-corrected chi connectivity index (χ1v) is 14.5. The van der Waals surface area contributed by atoms with Crippen LogP contribution in [0.5, 0.6) is 0 Å². The van der Waals surface area contributed by atoms with E-state index < -0.39 is 0 Å². The lowest BCUT2D eigenvalue weighted by Crippen LogP contribution is -2.41. The summed E-state index contributed by atoms with van der Waals surface area (Å²) in [6.45, 7) is 8.08. The summed E-state index contributed by atoms with van der Waals surface area (Å²) in [5.41, 5.74) is 1.87. The highest BCUT2D eigenvalue weighted by atomic mass is 32.2. The lowest BCUT2D eigenvalue weighted by molar-refractivity contribution is -0.142. The number of rotatable bonds is 17. The van der Waals surface area contributed by atoms with E-state index in [0.717, 1.165) is 59.8 Å². The number of nitrogens with one attached hydrogen (secondary N) is 1. The number of unbranched alkanes of at least 4 members (excludes halogenated alkanes) is 7. The summed E-state index contributed by atoms with van der Waals surface area (Å²) in [6, 6.07) is 16.2. The van der Waals surface area contributed by atoms with Crippen molar-refractivity contribution in [1.29, 1.82) is 0 Å². The summed E-state index contributed by atoms with van der Waals surface area (Å²) in [6.07, 6.45) is 10.7. The first kappa shape index (κ1) is 29.8. The van der Waals surface area contributed by atoms with Gasteiger partial charge in [0.15, 0.2) is 0 Å². The molecule has 5 nitrogen and oxygen atoms in total. The predicted molar refractivity (Wildman–Crippen MR) is 151 cm³/mol. The van der Waals surface area contributed by atoms with Crippen molar-refractivity contribution < 1.29 is 14.3 Å².